The van der Waals surface area contributed by atoms with Crippen molar-refractivity contribution in [1.29, 1.82) is 0 Å². The first-order valence-corrected chi connectivity index (χ1v) is 10.0. The Labute approximate surface area is 168 Å². The zero-order valence-corrected chi connectivity index (χ0v) is 15.9. The van der Waals surface area contributed by atoms with Crippen molar-refractivity contribution in [2.45, 2.75) is 44.2 Å². The van der Waals surface area contributed by atoms with Gasteiger partial charge in [-0.1, -0.05) is 0 Å². The Balaban J connectivity index is 1.12. The fourth-order valence-electron chi connectivity index (χ4n) is 3.93. The van der Waals surface area contributed by atoms with Crippen molar-refractivity contribution < 1.29 is 9.59 Å². The zero-order valence-electron chi connectivity index (χ0n) is 15.9. The zero-order chi connectivity index (χ0) is 19.8. The number of hydrazine groups is 1. The van der Waals surface area contributed by atoms with E-state index in [1.54, 1.807) is 12.3 Å². The first kappa shape index (κ1) is 17.8. The number of nitrogens with zero attached hydrogens (tertiary/aromatic N) is 3. The van der Waals surface area contributed by atoms with Crippen LogP contribution in [0.25, 0.3) is 0 Å². The summed E-state index contributed by atoms with van der Waals surface area (Å²) in [6.07, 6.45) is 9.06. The van der Waals surface area contributed by atoms with Gasteiger partial charge in [0.15, 0.2) is 0 Å². The molecule has 3 fully saturated rings. The summed E-state index contributed by atoms with van der Waals surface area (Å²) in [5.74, 6) is 1.87. The van der Waals surface area contributed by atoms with Crippen molar-refractivity contribution in [3.05, 3.63) is 30.2 Å². The van der Waals surface area contributed by atoms with Gasteiger partial charge in [0, 0.05) is 18.0 Å². The molecule has 1 saturated heterocycles. The van der Waals surface area contributed by atoms with Crippen molar-refractivity contribution in [3.8, 4) is 0 Å². The Morgan fingerprint density at radius 3 is 2.48 bits per heavy atom. The second-order valence-electron chi connectivity index (χ2n) is 7.92. The van der Waals surface area contributed by atoms with Crippen molar-refractivity contribution >= 4 is 29.4 Å². The smallest absolute Gasteiger partial charge is 0.329 e. The number of imide groups is 1. The molecule has 2 aliphatic heterocycles. The number of pyridine rings is 1. The van der Waals surface area contributed by atoms with E-state index in [1.165, 1.54) is 23.4 Å². The molecule has 5 rings (SSSR count). The highest BCUT2D eigenvalue weighted by atomic mass is 16.2. The molecule has 152 valence electrons. The molecule has 3 amide bonds. The second-order valence-corrected chi connectivity index (χ2v) is 7.92. The van der Waals surface area contributed by atoms with Crippen molar-refractivity contribution in [3.63, 3.8) is 0 Å². The van der Waals surface area contributed by atoms with Crippen LogP contribution < -0.4 is 31.7 Å². The number of nitrogens with one attached hydrogen (secondary N) is 5. The molecule has 2 aliphatic carbocycles. The molecule has 1 aromatic heterocycles. The molecule has 3 heterocycles. The Morgan fingerprint density at radius 1 is 1.03 bits per heavy atom. The molecule has 2 atom stereocenters. The number of urea groups is 1. The lowest BCUT2D eigenvalue weighted by Gasteiger charge is -2.22. The summed E-state index contributed by atoms with van der Waals surface area (Å²) in [7, 11) is 0. The van der Waals surface area contributed by atoms with E-state index < -0.39 is 6.03 Å². The van der Waals surface area contributed by atoms with E-state index in [0.717, 1.165) is 31.0 Å². The molecule has 29 heavy (non-hydrogen) atoms. The number of guanidine groups is 1. The number of hydrogen-bond donors (Lipinski definition) is 5. The molecule has 0 spiro atoms. The maximum atomic E-state index is 11.7. The van der Waals surface area contributed by atoms with Crippen LogP contribution in [0.5, 0.6) is 0 Å². The molecule has 1 aromatic rings. The molecule has 0 radical (unpaired) electrons. The van der Waals surface area contributed by atoms with Crippen molar-refractivity contribution in [2.24, 2.45) is 10.9 Å². The number of aromatic nitrogens is 1. The third-order valence-corrected chi connectivity index (χ3v) is 5.65. The first-order chi connectivity index (χ1) is 14.1. The van der Waals surface area contributed by atoms with E-state index in [0.29, 0.717) is 23.7 Å². The summed E-state index contributed by atoms with van der Waals surface area (Å²) in [5, 5.41) is 9.17. The van der Waals surface area contributed by atoms with Crippen LogP contribution >= 0.6 is 0 Å². The van der Waals surface area contributed by atoms with Crippen LogP contribution in [0, 0.1) is 5.92 Å². The molecule has 0 unspecified atom stereocenters. The monoisotopic (exact) mass is 396 g/mol. The van der Waals surface area contributed by atoms with E-state index in [1.807, 2.05) is 12.3 Å². The van der Waals surface area contributed by atoms with Gasteiger partial charge in [0.05, 0.1) is 23.8 Å². The lowest BCUT2D eigenvalue weighted by atomic mass is 10.2. The minimum Gasteiger partial charge on any atom is -0.367 e. The highest BCUT2D eigenvalue weighted by Crippen LogP contribution is 2.35. The highest BCUT2D eigenvalue weighted by molar-refractivity contribution is 6.12. The Kier molecular flexibility index (Phi) is 4.45. The third kappa shape index (κ3) is 3.96. The van der Waals surface area contributed by atoms with Crippen LogP contribution in [0.2, 0.25) is 0 Å². The standard InChI is InChI=1S/C19H24N8O2/c28-17-10-27(19(29)24-17)14-5-6-16(20-8-14)22-12-3-4-13(7-12)23-18-21-9-15(25-26-18)11-1-2-11/h5-6,8-9,11-13,25H,1-4,7,10H2,(H,20,22)(H2,21,23,26)(H,24,28,29)/t12-,13-/m0/s1. The van der Waals surface area contributed by atoms with Crippen LogP contribution in [0.3, 0.4) is 0 Å². The van der Waals surface area contributed by atoms with Crippen LogP contribution in [0.4, 0.5) is 16.3 Å². The minimum atomic E-state index is -0.407. The molecule has 0 aromatic carbocycles. The summed E-state index contributed by atoms with van der Waals surface area (Å²) in [6, 6.07) is 3.89. The van der Waals surface area contributed by atoms with E-state index in [2.05, 4.69) is 36.8 Å². The topological polar surface area (TPSA) is 123 Å². The average Bonchev–Trinajstić information content (AvgIpc) is 3.39. The van der Waals surface area contributed by atoms with Gasteiger partial charge in [-0.15, -0.1) is 0 Å². The number of rotatable bonds is 5. The predicted molar refractivity (Wildman–Crippen MR) is 108 cm³/mol. The quantitative estimate of drug-likeness (QED) is 0.466. The number of amides is 3. The number of aliphatic imine (C=N–C) groups is 1. The maximum absolute atomic E-state index is 11.7. The Morgan fingerprint density at radius 2 is 1.86 bits per heavy atom. The summed E-state index contributed by atoms with van der Waals surface area (Å²) >= 11 is 0. The molecule has 4 aliphatic rings. The SMILES string of the molecule is O=C1CN(c2ccc(N[C@H]3CC[C@H](NC4=NC=C(C5CC5)NN4)C3)nc2)C(=O)N1. The van der Waals surface area contributed by atoms with Gasteiger partial charge in [-0.3, -0.25) is 20.4 Å². The molecule has 0 bridgehead atoms. The van der Waals surface area contributed by atoms with Crippen LogP contribution in [0.1, 0.15) is 32.1 Å². The first-order valence-electron chi connectivity index (χ1n) is 10.0. The number of allylic oxidation sites excluding steroid dienone is 1. The predicted octanol–water partition coefficient (Wildman–Crippen LogP) is 0.776. The third-order valence-electron chi connectivity index (χ3n) is 5.65. The Bertz CT molecular complexity index is 877. The molecular formula is C19H24N8O2. The molecule has 10 heteroatoms. The summed E-state index contributed by atoms with van der Waals surface area (Å²) in [4.78, 5) is 33.3. The molecule has 10 nitrogen and oxygen atoms in total. The van der Waals surface area contributed by atoms with E-state index >= 15 is 0 Å². The van der Waals surface area contributed by atoms with E-state index in [9.17, 15) is 9.59 Å². The Hall–Kier alpha value is -3.30. The molecule has 5 N–H and O–H groups in total. The molecular weight excluding hydrogens is 372 g/mol. The van der Waals surface area contributed by atoms with Crippen LogP contribution in [0.15, 0.2) is 35.2 Å². The van der Waals surface area contributed by atoms with Gasteiger partial charge in [-0.25, -0.2) is 14.8 Å². The summed E-state index contributed by atoms with van der Waals surface area (Å²) in [5.41, 5.74) is 8.16. The lowest BCUT2D eigenvalue weighted by molar-refractivity contribution is -0.117. The summed E-state index contributed by atoms with van der Waals surface area (Å²) < 4.78 is 0. The lowest BCUT2D eigenvalue weighted by Crippen LogP contribution is -2.50. The van der Waals surface area contributed by atoms with Gasteiger partial charge < -0.3 is 16.1 Å². The fraction of sp³-hybridized carbons (Fsp3) is 0.474. The van der Waals surface area contributed by atoms with E-state index in [4.69, 9.17) is 0 Å². The van der Waals surface area contributed by atoms with Gasteiger partial charge >= 0.3 is 6.03 Å². The number of carbonyl (C=O) groups is 2. The average molecular weight is 396 g/mol. The number of hydrogen-bond acceptors (Lipinski definition) is 8. The van der Waals surface area contributed by atoms with Gasteiger partial charge in [-0.2, -0.15) is 0 Å². The minimum absolute atomic E-state index is 0.0351. The normalized spacial score (nSPS) is 26.3. The van der Waals surface area contributed by atoms with Crippen molar-refractivity contribution in [1.82, 2.24) is 26.5 Å². The second kappa shape index (κ2) is 7.26. The van der Waals surface area contributed by atoms with Crippen molar-refractivity contribution in [2.75, 3.05) is 16.8 Å². The summed E-state index contributed by atoms with van der Waals surface area (Å²) in [6.45, 7) is 0.0351. The largest absolute Gasteiger partial charge is 0.367 e. The van der Waals surface area contributed by atoms with Gasteiger partial charge in [0.1, 0.15) is 12.4 Å². The van der Waals surface area contributed by atoms with E-state index in [-0.39, 0.29) is 12.5 Å². The molecule has 2 saturated carbocycles. The number of anilines is 2. The maximum Gasteiger partial charge on any atom is 0.329 e. The van der Waals surface area contributed by atoms with Crippen LogP contribution in [-0.2, 0) is 4.79 Å². The fourth-order valence-corrected chi connectivity index (χ4v) is 3.93. The van der Waals surface area contributed by atoms with Gasteiger partial charge in [0.2, 0.25) is 11.9 Å². The number of carbonyl (C=O) groups excluding carboxylic acids is 2. The highest BCUT2D eigenvalue weighted by Gasteiger charge is 2.30. The van der Waals surface area contributed by atoms with Gasteiger partial charge in [0.25, 0.3) is 0 Å². The van der Waals surface area contributed by atoms with Crippen LogP contribution in [-0.4, -0.2) is 41.5 Å². The van der Waals surface area contributed by atoms with Gasteiger partial charge in [-0.05, 0) is 44.2 Å².